The van der Waals surface area contributed by atoms with Crippen LogP contribution in [0.4, 0.5) is 0 Å². The second-order valence-electron chi connectivity index (χ2n) is 3.50. The Morgan fingerprint density at radius 3 is 2.94 bits per heavy atom. The summed E-state index contributed by atoms with van der Waals surface area (Å²) in [5, 5.41) is 15.0. The number of carboxylic acid groups (broad SMARTS) is 1. The molecule has 1 amide bonds. The number of carboxylic acids is 1. The van der Waals surface area contributed by atoms with E-state index in [2.05, 4.69) is 10.4 Å². The van der Waals surface area contributed by atoms with Gasteiger partial charge in [0.25, 0.3) is 0 Å². The van der Waals surface area contributed by atoms with Gasteiger partial charge >= 0.3 is 5.97 Å². The minimum absolute atomic E-state index is 0.0612. The Hall–Kier alpha value is -2.11. The number of hydrogen-bond acceptors (Lipinski definition) is 3. The van der Waals surface area contributed by atoms with Crippen LogP contribution in [-0.2, 0) is 16.6 Å². The third-order valence-electron chi connectivity index (χ3n) is 2.13. The number of aromatic nitrogens is 2. The topological polar surface area (TPSA) is 84.2 Å². The maximum absolute atomic E-state index is 11.3. The van der Waals surface area contributed by atoms with E-state index in [0.717, 1.165) is 5.69 Å². The van der Waals surface area contributed by atoms with Crippen molar-refractivity contribution in [1.82, 2.24) is 15.1 Å². The summed E-state index contributed by atoms with van der Waals surface area (Å²) in [4.78, 5) is 21.5. The van der Waals surface area contributed by atoms with E-state index in [1.54, 1.807) is 30.1 Å². The molecular weight excluding hydrogens is 222 g/mol. The number of amides is 1. The SMILES string of the molecule is Cn1nccc1/C=C/C(=O)NCCCC(=O)O. The lowest BCUT2D eigenvalue weighted by molar-refractivity contribution is -0.137. The zero-order valence-electron chi connectivity index (χ0n) is 9.59. The molecule has 0 unspecified atom stereocenters. The van der Waals surface area contributed by atoms with Crippen molar-refractivity contribution in [2.45, 2.75) is 12.8 Å². The number of aryl methyl sites for hydroxylation is 1. The molecule has 6 nitrogen and oxygen atoms in total. The Balaban J connectivity index is 2.28. The molecule has 0 aliphatic carbocycles. The van der Waals surface area contributed by atoms with Crippen molar-refractivity contribution in [3.63, 3.8) is 0 Å². The summed E-state index contributed by atoms with van der Waals surface area (Å²) < 4.78 is 1.65. The highest BCUT2D eigenvalue weighted by atomic mass is 16.4. The lowest BCUT2D eigenvalue weighted by Gasteiger charge is -1.99. The van der Waals surface area contributed by atoms with Gasteiger partial charge in [-0.1, -0.05) is 0 Å². The van der Waals surface area contributed by atoms with Gasteiger partial charge in [0.15, 0.2) is 0 Å². The number of rotatable bonds is 6. The molecule has 6 heteroatoms. The summed E-state index contributed by atoms with van der Waals surface area (Å²) >= 11 is 0. The van der Waals surface area contributed by atoms with E-state index in [9.17, 15) is 9.59 Å². The molecule has 0 saturated heterocycles. The van der Waals surface area contributed by atoms with Gasteiger partial charge in [0.1, 0.15) is 0 Å². The van der Waals surface area contributed by atoms with Gasteiger partial charge in [-0.3, -0.25) is 14.3 Å². The summed E-state index contributed by atoms with van der Waals surface area (Å²) in [6.07, 6.45) is 5.19. The molecule has 1 heterocycles. The molecule has 0 spiro atoms. The first-order chi connectivity index (χ1) is 8.09. The fraction of sp³-hybridized carbons (Fsp3) is 0.364. The van der Waals surface area contributed by atoms with Gasteiger partial charge < -0.3 is 10.4 Å². The quantitative estimate of drug-likeness (QED) is 0.554. The summed E-state index contributed by atoms with van der Waals surface area (Å²) in [7, 11) is 1.78. The second-order valence-corrected chi connectivity index (χ2v) is 3.50. The maximum Gasteiger partial charge on any atom is 0.303 e. The number of nitrogens with zero attached hydrogens (tertiary/aromatic N) is 2. The Morgan fingerprint density at radius 2 is 2.35 bits per heavy atom. The molecule has 0 bridgehead atoms. The van der Waals surface area contributed by atoms with Crippen LogP contribution in [0.3, 0.4) is 0 Å². The first kappa shape index (κ1) is 13.0. The summed E-state index contributed by atoms with van der Waals surface area (Å²) in [6.45, 7) is 0.362. The molecule has 2 N–H and O–H groups in total. The molecule has 92 valence electrons. The van der Waals surface area contributed by atoms with Gasteiger partial charge in [-0.05, 0) is 18.6 Å². The third-order valence-corrected chi connectivity index (χ3v) is 2.13. The average Bonchev–Trinajstić information content (AvgIpc) is 2.67. The largest absolute Gasteiger partial charge is 0.481 e. The van der Waals surface area contributed by atoms with E-state index in [4.69, 9.17) is 5.11 Å². The smallest absolute Gasteiger partial charge is 0.303 e. The van der Waals surface area contributed by atoms with E-state index in [1.807, 2.05) is 0 Å². The molecule has 0 fully saturated rings. The van der Waals surface area contributed by atoms with Crippen molar-refractivity contribution in [3.05, 3.63) is 24.0 Å². The van der Waals surface area contributed by atoms with Crippen molar-refractivity contribution in [2.24, 2.45) is 7.05 Å². The van der Waals surface area contributed by atoms with Crippen LogP contribution in [0.15, 0.2) is 18.3 Å². The number of nitrogens with one attached hydrogen (secondary N) is 1. The van der Waals surface area contributed by atoms with Crippen LogP contribution in [0.2, 0.25) is 0 Å². The number of hydrogen-bond donors (Lipinski definition) is 2. The molecule has 17 heavy (non-hydrogen) atoms. The van der Waals surface area contributed by atoms with Gasteiger partial charge in [-0.2, -0.15) is 5.10 Å². The van der Waals surface area contributed by atoms with Crippen LogP contribution in [0.25, 0.3) is 6.08 Å². The molecule has 0 radical (unpaired) electrons. The van der Waals surface area contributed by atoms with E-state index in [-0.39, 0.29) is 12.3 Å². The Labute approximate surface area is 98.9 Å². The van der Waals surface area contributed by atoms with Crippen molar-refractivity contribution >= 4 is 18.0 Å². The predicted octanol–water partition coefficient (Wildman–Crippen LogP) is 0.414. The highest BCUT2D eigenvalue weighted by Gasteiger charge is 1.99. The van der Waals surface area contributed by atoms with Gasteiger partial charge in [-0.15, -0.1) is 0 Å². The minimum Gasteiger partial charge on any atom is -0.481 e. The lowest BCUT2D eigenvalue weighted by Crippen LogP contribution is -2.22. The van der Waals surface area contributed by atoms with Crippen LogP contribution in [0, 0.1) is 0 Å². The zero-order valence-corrected chi connectivity index (χ0v) is 9.59. The highest BCUT2D eigenvalue weighted by Crippen LogP contribution is 1.98. The number of carbonyl (C=O) groups excluding carboxylic acids is 1. The highest BCUT2D eigenvalue weighted by molar-refractivity contribution is 5.91. The summed E-state index contributed by atoms with van der Waals surface area (Å²) in [5.74, 6) is -1.10. The van der Waals surface area contributed by atoms with Crippen molar-refractivity contribution in [3.8, 4) is 0 Å². The molecular formula is C11H15N3O3. The monoisotopic (exact) mass is 237 g/mol. The molecule has 0 aliphatic heterocycles. The lowest BCUT2D eigenvalue weighted by atomic mass is 10.3. The molecule has 0 atom stereocenters. The van der Waals surface area contributed by atoms with E-state index in [0.29, 0.717) is 13.0 Å². The van der Waals surface area contributed by atoms with Crippen LogP contribution in [0.5, 0.6) is 0 Å². The molecule has 1 aromatic heterocycles. The van der Waals surface area contributed by atoms with E-state index in [1.165, 1.54) is 6.08 Å². The standard InChI is InChI=1S/C11H15N3O3/c1-14-9(6-8-13-14)4-5-10(15)12-7-2-3-11(16)17/h4-6,8H,2-3,7H2,1H3,(H,12,15)(H,16,17)/b5-4+. The van der Waals surface area contributed by atoms with Crippen LogP contribution in [-0.4, -0.2) is 33.3 Å². The second kappa shape index (κ2) is 6.47. The normalized spacial score (nSPS) is 10.6. The number of aliphatic carboxylic acids is 1. The van der Waals surface area contributed by atoms with Crippen LogP contribution < -0.4 is 5.32 Å². The summed E-state index contributed by atoms with van der Waals surface area (Å²) in [5.41, 5.74) is 0.825. The fourth-order valence-corrected chi connectivity index (χ4v) is 1.22. The van der Waals surface area contributed by atoms with Gasteiger partial charge in [0.2, 0.25) is 5.91 Å². The van der Waals surface area contributed by atoms with Crippen molar-refractivity contribution < 1.29 is 14.7 Å². The molecule has 1 rings (SSSR count). The predicted molar refractivity (Wildman–Crippen MR) is 62.1 cm³/mol. The Morgan fingerprint density at radius 1 is 1.59 bits per heavy atom. The summed E-state index contributed by atoms with van der Waals surface area (Å²) in [6, 6.07) is 1.79. The Kier molecular flexibility index (Phi) is 4.93. The average molecular weight is 237 g/mol. The molecule has 0 saturated carbocycles. The minimum atomic E-state index is -0.857. The van der Waals surface area contributed by atoms with Crippen molar-refractivity contribution in [2.75, 3.05) is 6.54 Å². The third kappa shape index (κ3) is 4.96. The van der Waals surface area contributed by atoms with E-state index < -0.39 is 5.97 Å². The number of carbonyl (C=O) groups is 2. The maximum atomic E-state index is 11.3. The van der Waals surface area contributed by atoms with Crippen LogP contribution >= 0.6 is 0 Å². The van der Waals surface area contributed by atoms with Gasteiger partial charge in [0.05, 0.1) is 5.69 Å². The fourth-order valence-electron chi connectivity index (χ4n) is 1.22. The van der Waals surface area contributed by atoms with Gasteiger partial charge in [0, 0.05) is 32.3 Å². The zero-order chi connectivity index (χ0) is 12.7. The van der Waals surface area contributed by atoms with Gasteiger partial charge in [-0.25, -0.2) is 0 Å². The van der Waals surface area contributed by atoms with Crippen LogP contribution in [0.1, 0.15) is 18.5 Å². The Bertz CT molecular complexity index is 423. The van der Waals surface area contributed by atoms with E-state index >= 15 is 0 Å². The molecule has 0 aromatic carbocycles. The van der Waals surface area contributed by atoms with Crippen molar-refractivity contribution in [1.29, 1.82) is 0 Å². The first-order valence-corrected chi connectivity index (χ1v) is 5.25. The molecule has 1 aromatic rings. The molecule has 0 aliphatic rings. The first-order valence-electron chi connectivity index (χ1n) is 5.25.